The van der Waals surface area contributed by atoms with Gasteiger partial charge in [0, 0.05) is 19.5 Å². The first-order chi connectivity index (χ1) is 14.0. The molecule has 0 saturated heterocycles. The second kappa shape index (κ2) is 9.34. The smallest absolute Gasteiger partial charge is 0.255 e. The van der Waals surface area contributed by atoms with Gasteiger partial charge in [0.2, 0.25) is 5.91 Å². The fourth-order valence-electron chi connectivity index (χ4n) is 2.81. The summed E-state index contributed by atoms with van der Waals surface area (Å²) >= 11 is 1.47. The number of rotatable bonds is 7. The van der Waals surface area contributed by atoms with Gasteiger partial charge in [-0.3, -0.25) is 9.59 Å². The standard InChI is InChI=1S/C22H23N3O3S/c1-4-28-19-12-8-6-10-17(19)21-23-15(14-29-21)13-20(26)24-18-11-7-5-9-16(18)22(27)25(2)3/h5-12,14H,4,13H2,1-3H3,(H,24,26). The van der Waals surface area contributed by atoms with Crippen LogP contribution in [0.15, 0.2) is 53.9 Å². The van der Waals surface area contributed by atoms with Crippen LogP contribution < -0.4 is 10.1 Å². The lowest BCUT2D eigenvalue weighted by molar-refractivity contribution is -0.115. The van der Waals surface area contributed by atoms with Crippen LogP contribution in [0.4, 0.5) is 5.69 Å². The van der Waals surface area contributed by atoms with Gasteiger partial charge in [0.05, 0.1) is 35.5 Å². The summed E-state index contributed by atoms with van der Waals surface area (Å²) in [6, 6.07) is 14.7. The summed E-state index contributed by atoms with van der Waals surface area (Å²) in [7, 11) is 3.36. The normalized spacial score (nSPS) is 10.4. The molecule has 6 nitrogen and oxygen atoms in total. The maximum Gasteiger partial charge on any atom is 0.255 e. The number of benzene rings is 2. The Hall–Kier alpha value is -3.19. The summed E-state index contributed by atoms with van der Waals surface area (Å²) in [5.41, 5.74) is 2.53. The Morgan fingerprint density at radius 2 is 1.83 bits per heavy atom. The number of hydrogen-bond acceptors (Lipinski definition) is 5. The molecular formula is C22H23N3O3S. The zero-order valence-corrected chi connectivity index (χ0v) is 17.5. The highest BCUT2D eigenvalue weighted by Gasteiger charge is 2.16. The molecule has 2 amide bonds. The summed E-state index contributed by atoms with van der Waals surface area (Å²) in [6.45, 7) is 2.51. The Labute approximate surface area is 174 Å². The molecule has 0 unspecified atom stereocenters. The summed E-state index contributed by atoms with van der Waals surface area (Å²) in [5.74, 6) is 0.389. The molecule has 7 heteroatoms. The number of carbonyl (C=O) groups excluding carboxylic acids is 2. The molecule has 0 radical (unpaired) electrons. The van der Waals surface area contributed by atoms with Crippen molar-refractivity contribution in [2.45, 2.75) is 13.3 Å². The van der Waals surface area contributed by atoms with Crippen LogP contribution in [0, 0.1) is 0 Å². The van der Waals surface area contributed by atoms with Crippen LogP contribution in [0.5, 0.6) is 5.75 Å². The van der Waals surface area contributed by atoms with Crippen LogP contribution in [-0.2, 0) is 11.2 Å². The number of anilines is 1. The number of para-hydroxylation sites is 2. The van der Waals surface area contributed by atoms with E-state index >= 15 is 0 Å². The van der Waals surface area contributed by atoms with Gasteiger partial charge in [-0.15, -0.1) is 11.3 Å². The monoisotopic (exact) mass is 409 g/mol. The number of nitrogens with zero attached hydrogens (tertiary/aromatic N) is 2. The van der Waals surface area contributed by atoms with Crippen LogP contribution in [-0.4, -0.2) is 42.4 Å². The topological polar surface area (TPSA) is 71.5 Å². The molecule has 0 aliphatic heterocycles. The Morgan fingerprint density at radius 1 is 1.10 bits per heavy atom. The zero-order valence-electron chi connectivity index (χ0n) is 16.6. The minimum absolute atomic E-state index is 0.123. The van der Waals surface area contributed by atoms with Crippen LogP contribution in [0.3, 0.4) is 0 Å². The van der Waals surface area contributed by atoms with Crippen molar-refractivity contribution in [2.24, 2.45) is 0 Å². The van der Waals surface area contributed by atoms with Gasteiger partial charge in [-0.25, -0.2) is 4.98 Å². The lowest BCUT2D eigenvalue weighted by atomic mass is 10.1. The van der Waals surface area contributed by atoms with E-state index < -0.39 is 0 Å². The van der Waals surface area contributed by atoms with Gasteiger partial charge in [-0.2, -0.15) is 0 Å². The molecule has 1 aromatic heterocycles. The van der Waals surface area contributed by atoms with E-state index in [9.17, 15) is 9.59 Å². The largest absolute Gasteiger partial charge is 0.493 e. The van der Waals surface area contributed by atoms with Gasteiger partial charge in [0.15, 0.2) is 0 Å². The molecule has 1 heterocycles. The minimum atomic E-state index is -0.223. The van der Waals surface area contributed by atoms with E-state index in [2.05, 4.69) is 10.3 Å². The van der Waals surface area contributed by atoms with Gasteiger partial charge in [-0.1, -0.05) is 24.3 Å². The maximum atomic E-state index is 12.5. The number of carbonyl (C=O) groups is 2. The average molecular weight is 410 g/mol. The second-order valence-electron chi connectivity index (χ2n) is 6.54. The number of nitrogens with one attached hydrogen (secondary N) is 1. The highest BCUT2D eigenvalue weighted by molar-refractivity contribution is 7.13. The molecule has 29 heavy (non-hydrogen) atoms. The molecule has 0 atom stereocenters. The third-order valence-corrected chi connectivity index (χ3v) is 5.07. The van der Waals surface area contributed by atoms with Crippen LogP contribution in [0.25, 0.3) is 10.6 Å². The highest BCUT2D eigenvalue weighted by Crippen LogP contribution is 2.32. The van der Waals surface area contributed by atoms with Crippen molar-refractivity contribution < 1.29 is 14.3 Å². The predicted octanol–water partition coefficient (Wildman–Crippen LogP) is 4.09. The second-order valence-corrected chi connectivity index (χ2v) is 7.40. The Kier molecular flexibility index (Phi) is 6.61. The van der Waals surface area contributed by atoms with E-state index in [-0.39, 0.29) is 18.2 Å². The molecule has 0 saturated carbocycles. The van der Waals surface area contributed by atoms with Crippen molar-refractivity contribution >= 4 is 28.8 Å². The van der Waals surface area contributed by atoms with Crippen molar-refractivity contribution in [1.82, 2.24) is 9.88 Å². The molecule has 1 N–H and O–H groups in total. The molecule has 0 aliphatic carbocycles. The third-order valence-electron chi connectivity index (χ3n) is 4.15. The fraction of sp³-hybridized carbons (Fsp3) is 0.227. The molecule has 0 spiro atoms. The Balaban J connectivity index is 1.73. The Bertz CT molecular complexity index is 1010. The van der Waals surface area contributed by atoms with Crippen molar-refractivity contribution in [3.05, 3.63) is 65.2 Å². The molecule has 0 fully saturated rings. The van der Waals surface area contributed by atoms with Crippen LogP contribution in [0.2, 0.25) is 0 Å². The molecule has 0 bridgehead atoms. The van der Waals surface area contributed by atoms with E-state index in [1.165, 1.54) is 16.2 Å². The zero-order chi connectivity index (χ0) is 20.8. The summed E-state index contributed by atoms with van der Waals surface area (Å²) in [6.07, 6.45) is 0.123. The number of ether oxygens (including phenoxy) is 1. The lowest BCUT2D eigenvalue weighted by Gasteiger charge is -2.14. The van der Waals surface area contributed by atoms with E-state index in [1.54, 1.807) is 38.4 Å². The molecule has 150 valence electrons. The van der Waals surface area contributed by atoms with Gasteiger partial charge in [-0.05, 0) is 31.2 Å². The quantitative estimate of drug-likeness (QED) is 0.638. The van der Waals surface area contributed by atoms with Crippen molar-refractivity contribution in [1.29, 1.82) is 0 Å². The number of hydrogen-bond donors (Lipinski definition) is 1. The summed E-state index contributed by atoms with van der Waals surface area (Å²) in [5, 5.41) is 5.50. The average Bonchev–Trinajstić information content (AvgIpc) is 3.16. The molecule has 2 aromatic carbocycles. The molecule has 3 aromatic rings. The van der Waals surface area contributed by atoms with Crippen LogP contribution >= 0.6 is 11.3 Å². The van der Waals surface area contributed by atoms with E-state index in [1.807, 2.05) is 36.6 Å². The van der Waals surface area contributed by atoms with E-state index in [0.29, 0.717) is 23.6 Å². The molecule has 0 aliphatic rings. The van der Waals surface area contributed by atoms with Gasteiger partial charge in [0.25, 0.3) is 5.91 Å². The first kappa shape index (κ1) is 20.5. The molecular weight excluding hydrogens is 386 g/mol. The van der Waals surface area contributed by atoms with Gasteiger partial charge >= 0.3 is 0 Å². The number of amides is 2. The first-order valence-corrected chi connectivity index (χ1v) is 10.1. The fourth-order valence-corrected chi connectivity index (χ4v) is 3.66. The van der Waals surface area contributed by atoms with Crippen molar-refractivity contribution in [3.63, 3.8) is 0 Å². The predicted molar refractivity (Wildman–Crippen MR) is 116 cm³/mol. The highest BCUT2D eigenvalue weighted by atomic mass is 32.1. The number of thiazole rings is 1. The third kappa shape index (κ3) is 5.00. The lowest BCUT2D eigenvalue weighted by Crippen LogP contribution is -2.24. The maximum absolute atomic E-state index is 12.5. The SMILES string of the molecule is CCOc1ccccc1-c1nc(CC(=O)Nc2ccccc2C(=O)N(C)C)cs1. The van der Waals surface area contributed by atoms with Crippen LogP contribution in [0.1, 0.15) is 23.0 Å². The molecule has 3 rings (SSSR count). The van der Waals surface area contributed by atoms with E-state index in [0.717, 1.165) is 16.3 Å². The van der Waals surface area contributed by atoms with Crippen molar-refractivity contribution in [2.75, 3.05) is 26.0 Å². The Morgan fingerprint density at radius 3 is 2.59 bits per heavy atom. The summed E-state index contributed by atoms with van der Waals surface area (Å²) < 4.78 is 5.67. The van der Waals surface area contributed by atoms with Crippen molar-refractivity contribution in [3.8, 4) is 16.3 Å². The first-order valence-electron chi connectivity index (χ1n) is 9.26. The van der Waals surface area contributed by atoms with Gasteiger partial charge in [0.1, 0.15) is 10.8 Å². The number of aromatic nitrogens is 1. The minimum Gasteiger partial charge on any atom is -0.493 e. The van der Waals surface area contributed by atoms with E-state index in [4.69, 9.17) is 4.74 Å². The summed E-state index contributed by atoms with van der Waals surface area (Å²) in [4.78, 5) is 30.9. The van der Waals surface area contributed by atoms with Gasteiger partial charge < -0.3 is 15.0 Å².